The van der Waals surface area contributed by atoms with Gasteiger partial charge in [-0.2, -0.15) is 0 Å². The fraction of sp³-hybridized carbons (Fsp3) is 1.00. The Kier molecular flexibility index (Phi) is 12.5. The second kappa shape index (κ2) is 12.5. The lowest BCUT2D eigenvalue weighted by molar-refractivity contribution is 0.448. The summed E-state index contributed by atoms with van der Waals surface area (Å²) in [6.07, 6.45) is 15.9. The summed E-state index contributed by atoms with van der Waals surface area (Å²) in [5.41, 5.74) is 0. The molecule has 104 valence electrons. The van der Waals surface area contributed by atoms with Crippen molar-refractivity contribution in [2.45, 2.75) is 98.3 Å². The van der Waals surface area contributed by atoms with Crippen molar-refractivity contribution in [3.8, 4) is 0 Å². The molecule has 17 heavy (non-hydrogen) atoms. The number of hydrogen-bond donors (Lipinski definition) is 0. The van der Waals surface area contributed by atoms with Gasteiger partial charge in [0.05, 0.1) is 0 Å². The number of rotatable bonds is 12. The van der Waals surface area contributed by atoms with Crippen molar-refractivity contribution in [1.29, 1.82) is 0 Å². The molecule has 0 heteroatoms. The fourth-order valence-corrected chi connectivity index (χ4v) is 2.57. The van der Waals surface area contributed by atoms with E-state index in [0.29, 0.717) is 0 Å². The third kappa shape index (κ3) is 13.9. The van der Waals surface area contributed by atoms with Gasteiger partial charge in [0.2, 0.25) is 0 Å². The third-order valence-corrected chi connectivity index (χ3v) is 3.76. The molecule has 0 bridgehead atoms. The molecule has 0 spiro atoms. The van der Waals surface area contributed by atoms with E-state index in [1.807, 2.05) is 0 Å². The van der Waals surface area contributed by atoms with E-state index in [9.17, 15) is 0 Å². The average molecular weight is 240 g/mol. The molecule has 0 saturated heterocycles. The van der Waals surface area contributed by atoms with E-state index in [4.69, 9.17) is 0 Å². The van der Waals surface area contributed by atoms with Gasteiger partial charge in [-0.1, -0.05) is 98.3 Å². The molecule has 0 N–H and O–H groups in total. The van der Waals surface area contributed by atoms with Crippen molar-refractivity contribution in [3.63, 3.8) is 0 Å². The van der Waals surface area contributed by atoms with Gasteiger partial charge in [-0.15, -0.1) is 0 Å². The van der Waals surface area contributed by atoms with Crippen LogP contribution < -0.4 is 0 Å². The normalized spacial score (nSPS) is 13.2. The summed E-state index contributed by atoms with van der Waals surface area (Å²) in [5.74, 6) is 1.86. The van der Waals surface area contributed by atoms with Gasteiger partial charge in [0, 0.05) is 0 Å². The maximum Gasteiger partial charge on any atom is -0.0443 e. The van der Waals surface area contributed by atoms with Gasteiger partial charge in [0.25, 0.3) is 0 Å². The second-order valence-electron chi connectivity index (χ2n) is 6.34. The predicted octanol–water partition coefficient (Wildman–Crippen LogP) is 6.59. The molecule has 0 rings (SSSR count). The van der Waals surface area contributed by atoms with Crippen molar-refractivity contribution >= 4 is 0 Å². The Morgan fingerprint density at radius 3 is 1.53 bits per heavy atom. The van der Waals surface area contributed by atoms with Crippen molar-refractivity contribution in [2.75, 3.05) is 0 Å². The van der Waals surface area contributed by atoms with Crippen LogP contribution in [0.5, 0.6) is 0 Å². The summed E-state index contributed by atoms with van der Waals surface area (Å²) in [6, 6.07) is 0. The molecule has 0 radical (unpaired) electrons. The third-order valence-electron chi connectivity index (χ3n) is 3.76. The van der Waals surface area contributed by atoms with Crippen LogP contribution >= 0.6 is 0 Å². The van der Waals surface area contributed by atoms with E-state index in [1.54, 1.807) is 0 Å². The zero-order valence-electron chi connectivity index (χ0n) is 12.9. The minimum Gasteiger partial charge on any atom is -0.0654 e. The van der Waals surface area contributed by atoms with Gasteiger partial charge in [-0.05, 0) is 11.8 Å². The van der Waals surface area contributed by atoms with Gasteiger partial charge >= 0.3 is 0 Å². The molecule has 0 aliphatic carbocycles. The lowest BCUT2D eigenvalue weighted by Crippen LogP contribution is -1.93. The van der Waals surface area contributed by atoms with Crippen LogP contribution in [0.2, 0.25) is 0 Å². The molecule has 0 aliphatic rings. The van der Waals surface area contributed by atoms with Gasteiger partial charge in [-0.25, -0.2) is 0 Å². The molecule has 0 heterocycles. The Balaban J connectivity index is 3.03. The Labute approximate surface area is 111 Å². The summed E-state index contributed by atoms with van der Waals surface area (Å²) in [4.78, 5) is 0. The molecular weight excluding hydrogens is 204 g/mol. The largest absolute Gasteiger partial charge is 0.0654 e. The standard InChI is InChI=1S/C17H36/c1-5-13-17(4)15-12-10-8-6-7-9-11-14-16(2)3/h16-17H,5-15H2,1-4H3. The highest BCUT2D eigenvalue weighted by Gasteiger charge is 2.00. The number of unbranched alkanes of at least 4 members (excludes halogenated alkanes) is 6. The van der Waals surface area contributed by atoms with Crippen LogP contribution in [0, 0.1) is 11.8 Å². The Hall–Kier alpha value is 0. The summed E-state index contributed by atoms with van der Waals surface area (Å²) in [6.45, 7) is 9.37. The molecular formula is C17H36. The van der Waals surface area contributed by atoms with Crippen molar-refractivity contribution in [1.82, 2.24) is 0 Å². The zero-order valence-corrected chi connectivity index (χ0v) is 12.9. The first-order valence-electron chi connectivity index (χ1n) is 8.16. The molecule has 0 nitrogen and oxygen atoms in total. The first-order valence-corrected chi connectivity index (χ1v) is 8.16. The van der Waals surface area contributed by atoms with Crippen LogP contribution in [0.1, 0.15) is 98.3 Å². The van der Waals surface area contributed by atoms with Gasteiger partial charge < -0.3 is 0 Å². The van der Waals surface area contributed by atoms with Crippen LogP contribution in [-0.2, 0) is 0 Å². The average Bonchev–Trinajstić information content (AvgIpc) is 2.27. The van der Waals surface area contributed by atoms with Gasteiger partial charge in [0.1, 0.15) is 0 Å². The fourth-order valence-electron chi connectivity index (χ4n) is 2.57. The smallest absolute Gasteiger partial charge is 0.0443 e. The van der Waals surface area contributed by atoms with E-state index in [2.05, 4.69) is 27.7 Å². The molecule has 0 saturated carbocycles. The Morgan fingerprint density at radius 1 is 0.588 bits per heavy atom. The Morgan fingerprint density at radius 2 is 1.06 bits per heavy atom. The van der Waals surface area contributed by atoms with Crippen LogP contribution in [0.15, 0.2) is 0 Å². The molecule has 0 fully saturated rings. The minimum atomic E-state index is 0.898. The van der Waals surface area contributed by atoms with Crippen molar-refractivity contribution < 1.29 is 0 Å². The zero-order chi connectivity index (χ0) is 12.9. The first kappa shape index (κ1) is 17.0. The highest BCUT2D eigenvalue weighted by atomic mass is 14.1. The van der Waals surface area contributed by atoms with Crippen LogP contribution in [-0.4, -0.2) is 0 Å². The topological polar surface area (TPSA) is 0 Å². The van der Waals surface area contributed by atoms with Crippen LogP contribution in [0.3, 0.4) is 0 Å². The maximum atomic E-state index is 2.41. The maximum absolute atomic E-state index is 2.41. The van der Waals surface area contributed by atoms with E-state index in [1.165, 1.54) is 70.6 Å². The highest BCUT2D eigenvalue weighted by molar-refractivity contribution is 4.54. The van der Waals surface area contributed by atoms with E-state index < -0.39 is 0 Å². The monoisotopic (exact) mass is 240 g/mol. The van der Waals surface area contributed by atoms with Crippen LogP contribution in [0.4, 0.5) is 0 Å². The van der Waals surface area contributed by atoms with Gasteiger partial charge in [-0.3, -0.25) is 0 Å². The quantitative estimate of drug-likeness (QED) is 0.338. The summed E-state index contributed by atoms with van der Waals surface area (Å²) in [7, 11) is 0. The van der Waals surface area contributed by atoms with Crippen molar-refractivity contribution in [3.05, 3.63) is 0 Å². The minimum absolute atomic E-state index is 0.898. The van der Waals surface area contributed by atoms with Crippen molar-refractivity contribution in [2.24, 2.45) is 11.8 Å². The summed E-state index contributed by atoms with van der Waals surface area (Å²) in [5, 5.41) is 0. The molecule has 0 amide bonds. The lowest BCUT2D eigenvalue weighted by atomic mass is 9.97. The second-order valence-corrected chi connectivity index (χ2v) is 6.34. The molecule has 1 unspecified atom stereocenters. The molecule has 0 aromatic heterocycles. The molecule has 0 aromatic carbocycles. The van der Waals surface area contributed by atoms with E-state index in [-0.39, 0.29) is 0 Å². The Bertz CT molecular complexity index is 137. The molecule has 0 aliphatic heterocycles. The predicted molar refractivity (Wildman–Crippen MR) is 80.5 cm³/mol. The molecule has 1 atom stereocenters. The summed E-state index contributed by atoms with van der Waals surface area (Å²) >= 11 is 0. The summed E-state index contributed by atoms with van der Waals surface area (Å²) < 4.78 is 0. The van der Waals surface area contributed by atoms with E-state index >= 15 is 0 Å². The van der Waals surface area contributed by atoms with E-state index in [0.717, 1.165) is 11.8 Å². The first-order chi connectivity index (χ1) is 8.16. The molecule has 0 aromatic rings. The van der Waals surface area contributed by atoms with Gasteiger partial charge in [0.15, 0.2) is 0 Å². The SMILES string of the molecule is CCCC(C)CCCCCCCCCC(C)C. The lowest BCUT2D eigenvalue weighted by Gasteiger charge is -2.09. The highest BCUT2D eigenvalue weighted by Crippen LogP contribution is 2.16. The number of hydrogen-bond acceptors (Lipinski definition) is 0. The van der Waals surface area contributed by atoms with Crippen LogP contribution in [0.25, 0.3) is 0 Å².